The van der Waals surface area contributed by atoms with Crippen LogP contribution in [0.15, 0.2) is 24.3 Å². The second-order valence-corrected chi connectivity index (χ2v) is 7.20. The zero-order chi connectivity index (χ0) is 22.7. The number of rotatable bonds is 6. The first-order valence-corrected chi connectivity index (χ1v) is 9.55. The molecule has 0 spiro atoms. The van der Waals surface area contributed by atoms with Crippen molar-refractivity contribution in [3.05, 3.63) is 29.8 Å². The van der Waals surface area contributed by atoms with Crippen LogP contribution in [0.3, 0.4) is 0 Å². The van der Waals surface area contributed by atoms with E-state index in [2.05, 4.69) is 4.74 Å². The zero-order valence-electron chi connectivity index (χ0n) is 16.6. The van der Waals surface area contributed by atoms with Crippen molar-refractivity contribution in [2.24, 2.45) is 0 Å². The Morgan fingerprint density at radius 3 is 2.35 bits per heavy atom. The molecule has 0 amide bonds. The van der Waals surface area contributed by atoms with Crippen LogP contribution in [0.2, 0.25) is 0 Å². The lowest BCUT2D eigenvalue weighted by molar-refractivity contribution is -0.307. The number of ether oxygens (including phenoxy) is 5. The molecule has 0 unspecified atom stereocenters. The molecule has 0 aliphatic carbocycles. The Morgan fingerprint density at radius 1 is 0.968 bits per heavy atom. The highest BCUT2D eigenvalue weighted by molar-refractivity contribution is 5.92. The maximum Gasteiger partial charge on any atom is 0.341 e. The Morgan fingerprint density at radius 2 is 1.65 bits per heavy atom. The molecule has 12 nitrogen and oxygen atoms in total. The molecule has 12 heteroatoms. The van der Waals surface area contributed by atoms with Crippen LogP contribution in [-0.2, 0) is 18.9 Å². The summed E-state index contributed by atoms with van der Waals surface area (Å²) in [5.74, 6) is -0.671. The molecule has 6 N–H and O–H groups in total. The standard InChI is InChI=1S/C19H26O12/c1-27-17(26)8-4-2-3-5-10(8)30-19-16(25)14(23)13(22)11(31-19)7-29-18-15(24)12(21)9(20)6-28-18/h2-5,9,11-16,18-25H,6-7H2,1H3/t9-,11-,12+,13-,14+,15-,16-,18-,19+/m1/s1. The van der Waals surface area contributed by atoms with Gasteiger partial charge in [0.05, 0.1) is 20.3 Å². The molecular weight excluding hydrogens is 420 g/mol. The molecule has 2 aliphatic heterocycles. The molecule has 0 radical (unpaired) electrons. The van der Waals surface area contributed by atoms with Gasteiger partial charge in [0, 0.05) is 0 Å². The fourth-order valence-electron chi connectivity index (χ4n) is 3.24. The molecule has 1 aromatic rings. The quantitative estimate of drug-likeness (QED) is 0.246. The van der Waals surface area contributed by atoms with E-state index >= 15 is 0 Å². The summed E-state index contributed by atoms with van der Waals surface area (Å²) in [5, 5.41) is 59.8. The molecule has 0 saturated carbocycles. The predicted octanol–water partition coefficient (Wildman–Crippen LogP) is -2.88. The maximum absolute atomic E-state index is 11.9. The summed E-state index contributed by atoms with van der Waals surface area (Å²) in [7, 11) is 1.19. The van der Waals surface area contributed by atoms with Gasteiger partial charge in [0.25, 0.3) is 0 Å². The first kappa shape index (κ1) is 23.8. The summed E-state index contributed by atoms with van der Waals surface area (Å²) >= 11 is 0. The summed E-state index contributed by atoms with van der Waals surface area (Å²) in [6.07, 6.45) is -13.3. The van der Waals surface area contributed by atoms with Crippen molar-refractivity contribution < 1.29 is 59.1 Å². The van der Waals surface area contributed by atoms with Crippen LogP contribution in [0.5, 0.6) is 5.75 Å². The Labute approximate surface area is 177 Å². The number of hydrogen-bond acceptors (Lipinski definition) is 12. The molecule has 2 aliphatic rings. The highest BCUT2D eigenvalue weighted by Gasteiger charge is 2.46. The van der Waals surface area contributed by atoms with E-state index < -0.39 is 67.9 Å². The van der Waals surface area contributed by atoms with Crippen LogP contribution in [0.4, 0.5) is 0 Å². The van der Waals surface area contributed by atoms with Crippen LogP contribution in [0.25, 0.3) is 0 Å². The topological polar surface area (TPSA) is 185 Å². The van der Waals surface area contributed by atoms with E-state index in [9.17, 15) is 35.4 Å². The van der Waals surface area contributed by atoms with Gasteiger partial charge in [-0.3, -0.25) is 0 Å². The van der Waals surface area contributed by atoms with Gasteiger partial charge in [0.15, 0.2) is 6.29 Å². The third-order valence-corrected chi connectivity index (χ3v) is 5.08. The lowest BCUT2D eigenvalue weighted by Gasteiger charge is -2.41. The Bertz CT molecular complexity index is 744. The first-order chi connectivity index (χ1) is 14.7. The van der Waals surface area contributed by atoms with Gasteiger partial charge in [-0.15, -0.1) is 0 Å². The lowest BCUT2D eigenvalue weighted by Crippen LogP contribution is -2.61. The van der Waals surface area contributed by atoms with Crippen LogP contribution in [0, 0.1) is 0 Å². The van der Waals surface area contributed by atoms with Gasteiger partial charge in [0.1, 0.15) is 54.0 Å². The molecule has 9 atom stereocenters. The largest absolute Gasteiger partial charge is 0.465 e. The van der Waals surface area contributed by atoms with E-state index in [4.69, 9.17) is 18.9 Å². The number of aliphatic hydroxyl groups is 6. The van der Waals surface area contributed by atoms with Gasteiger partial charge in [0.2, 0.25) is 6.29 Å². The minimum Gasteiger partial charge on any atom is -0.465 e. The Balaban J connectivity index is 1.68. The van der Waals surface area contributed by atoms with Crippen molar-refractivity contribution in [1.82, 2.24) is 0 Å². The number of hydrogen-bond donors (Lipinski definition) is 6. The van der Waals surface area contributed by atoms with E-state index in [1.54, 1.807) is 12.1 Å². The molecular formula is C19H26O12. The number of methoxy groups -OCH3 is 1. The molecule has 174 valence electrons. The van der Waals surface area contributed by atoms with E-state index in [0.29, 0.717) is 0 Å². The van der Waals surface area contributed by atoms with Crippen molar-refractivity contribution in [2.45, 2.75) is 55.3 Å². The normalized spacial score (nSPS) is 38.5. The number of para-hydroxylation sites is 1. The van der Waals surface area contributed by atoms with Crippen molar-refractivity contribution in [3.8, 4) is 5.75 Å². The average Bonchev–Trinajstić information content (AvgIpc) is 2.78. The number of carbonyl (C=O) groups excluding carboxylic acids is 1. The third-order valence-electron chi connectivity index (χ3n) is 5.08. The Hall–Kier alpha value is -1.87. The molecule has 2 heterocycles. The molecule has 31 heavy (non-hydrogen) atoms. The summed E-state index contributed by atoms with van der Waals surface area (Å²) < 4.78 is 26.2. The SMILES string of the molecule is COC(=O)c1ccccc1O[C@H]1O[C@H](CO[C@H]2OC[C@@H](O)[C@H](O)[C@H]2O)[C@@H](O)[C@H](O)[C@H]1O. The first-order valence-electron chi connectivity index (χ1n) is 9.55. The minimum absolute atomic E-state index is 0.0183. The summed E-state index contributed by atoms with van der Waals surface area (Å²) in [6.45, 7) is -0.706. The lowest BCUT2D eigenvalue weighted by atomic mass is 9.99. The zero-order valence-corrected chi connectivity index (χ0v) is 16.6. The Kier molecular flexibility index (Phi) is 7.80. The number of carbonyl (C=O) groups is 1. The highest BCUT2D eigenvalue weighted by atomic mass is 16.7. The number of aliphatic hydroxyl groups excluding tert-OH is 6. The molecule has 2 fully saturated rings. The monoisotopic (exact) mass is 446 g/mol. The van der Waals surface area contributed by atoms with Gasteiger partial charge in [-0.2, -0.15) is 0 Å². The molecule has 1 aromatic carbocycles. The van der Waals surface area contributed by atoms with E-state index in [1.165, 1.54) is 19.2 Å². The third kappa shape index (κ3) is 5.14. The molecule has 0 aromatic heterocycles. The van der Waals surface area contributed by atoms with Crippen LogP contribution >= 0.6 is 0 Å². The number of benzene rings is 1. The summed E-state index contributed by atoms with van der Waals surface area (Å²) in [5.41, 5.74) is 0.0560. The van der Waals surface area contributed by atoms with E-state index in [-0.39, 0.29) is 17.9 Å². The predicted molar refractivity (Wildman–Crippen MR) is 98.8 cm³/mol. The smallest absolute Gasteiger partial charge is 0.341 e. The summed E-state index contributed by atoms with van der Waals surface area (Å²) in [4.78, 5) is 11.9. The maximum atomic E-state index is 11.9. The molecule has 2 saturated heterocycles. The van der Waals surface area contributed by atoms with Crippen molar-refractivity contribution in [2.75, 3.05) is 20.3 Å². The second-order valence-electron chi connectivity index (χ2n) is 7.20. The second kappa shape index (κ2) is 10.2. The van der Waals surface area contributed by atoms with Crippen LogP contribution in [0.1, 0.15) is 10.4 Å². The van der Waals surface area contributed by atoms with E-state index in [0.717, 1.165) is 0 Å². The molecule has 0 bridgehead atoms. The van der Waals surface area contributed by atoms with Gasteiger partial charge in [-0.05, 0) is 12.1 Å². The van der Waals surface area contributed by atoms with Gasteiger partial charge in [-0.1, -0.05) is 12.1 Å². The van der Waals surface area contributed by atoms with Crippen molar-refractivity contribution in [1.29, 1.82) is 0 Å². The number of esters is 1. The van der Waals surface area contributed by atoms with Crippen molar-refractivity contribution in [3.63, 3.8) is 0 Å². The minimum atomic E-state index is -1.68. The van der Waals surface area contributed by atoms with Gasteiger partial charge in [-0.25, -0.2) is 4.79 Å². The fourth-order valence-corrected chi connectivity index (χ4v) is 3.24. The van der Waals surface area contributed by atoms with E-state index in [1.807, 2.05) is 0 Å². The highest BCUT2D eigenvalue weighted by Crippen LogP contribution is 2.28. The van der Waals surface area contributed by atoms with Crippen LogP contribution in [-0.4, -0.2) is 112 Å². The van der Waals surface area contributed by atoms with Crippen LogP contribution < -0.4 is 4.74 Å². The van der Waals surface area contributed by atoms with Crippen molar-refractivity contribution >= 4 is 5.97 Å². The average molecular weight is 446 g/mol. The molecule has 3 rings (SSSR count). The fraction of sp³-hybridized carbons (Fsp3) is 0.632. The van der Waals surface area contributed by atoms with Gasteiger partial charge < -0.3 is 54.3 Å². The summed E-state index contributed by atoms with van der Waals surface area (Å²) in [6, 6.07) is 6.02. The van der Waals surface area contributed by atoms with Gasteiger partial charge >= 0.3 is 5.97 Å².